The predicted molar refractivity (Wildman–Crippen MR) is 143 cm³/mol. The van der Waals surface area contributed by atoms with Crippen LogP contribution in [0.25, 0.3) is 22.1 Å². The maximum atomic E-state index is 11.3. The van der Waals surface area contributed by atoms with E-state index in [2.05, 4.69) is 70.0 Å². The Balaban J connectivity index is 0.000000158. The molecule has 0 bridgehead atoms. The first-order valence-electron chi connectivity index (χ1n) is 10.3. The Labute approximate surface area is 218 Å². The number of aliphatic imine (C=N–C) groups is 3. The number of anilines is 1. The number of rotatable bonds is 3. The van der Waals surface area contributed by atoms with Crippen molar-refractivity contribution >= 4 is 77.5 Å². The zero-order chi connectivity index (χ0) is 27.7. The Morgan fingerprint density at radius 2 is 1.39 bits per heavy atom. The maximum absolute atomic E-state index is 11.3. The molecule has 15 heteroatoms. The van der Waals surface area contributed by atoms with E-state index in [-0.39, 0.29) is 28.3 Å². The van der Waals surface area contributed by atoms with Gasteiger partial charge in [-0.1, -0.05) is 11.6 Å². The number of amides is 3. The molecule has 0 fully saturated rings. The Kier molecular flexibility index (Phi) is 8.88. The number of nitrogens with two attached hydrogens (primary N) is 1. The molecular weight excluding hydrogens is 514 g/mol. The molecule has 5 aromatic rings. The van der Waals surface area contributed by atoms with Gasteiger partial charge in [-0.05, 0) is 38.4 Å². The minimum absolute atomic E-state index is 0.0219. The number of nitrogen functional groups attached to an aromatic ring is 1. The first-order chi connectivity index (χ1) is 18.3. The largest absolute Gasteiger partial charge is 0.368 e. The third-order valence-corrected chi connectivity index (χ3v) is 4.92. The van der Waals surface area contributed by atoms with Crippen LogP contribution < -0.4 is 5.73 Å². The Bertz CT molecular complexity index is 1590. The van der Waals surface area contributed by atoms with Gasteiger partial charge in [0, 0.05) is 24.0 Å². The highest BCUT2D eigenvalue weighted by Crippen LogP contribution is 2.16. The van der Waals surface area contributed by atoms with Gasteiger partial charge < -0.3 is 15.7 Å². The number of aromatic nitrogens is 7. The minimum atomic E-state index is -0.617. The maximum Gasteiger partial charge on any atom is 0.296 e. The standard InChI is InChI=1S/C9H7N3O.C8H6N4O.C6H5ClN4O/c1-10-9(13)7-3-5-12-8-6(7)2-4-11-8;1-9-8(13)6-5-2-3-10-7(5)12-4-11-6;1-9-5(12)4-3(7)2-10-6(8)11-4/h2-5H,1H2,(H,11,12);2-4H,1H2,(H,10,11,12);2H,1H2,(H2,8,10,11). The third-order valence-electron chi connectivity index (χ3n) is 4.64. The molecule has 14 nitrogen and oxygen atoms in total. The van der Waals surface area contributed by atoms with Crippen LogP contribution in [-0.4, -0.2) is 72.8 Å². The van der Waals surface area contributed by atoms with Gasteiger partial charge >= 0.3 is 0 Å². The molecule has 0 aliphatic rings. The molecule has 4 N–H and O–H groups in total. The van der Waals surface area contributed by atoms with Gasteiger partial charge in [0.2, 0.25) is 5.95 Å². The molecule has 0 aliphatic heterocycles. The molecule has 0 atom stereocenters. The van der Waals surface area contributed by atoms with Crippen molar-refractivity contribution in [3.05, 3.63) is 71.3 Å². The summed E-state index contributed by atoms with van der Waals surface area (Å²) in [5, 5.41) is 1.56. The summed E-state index contributed by atoms with van der Waals surface area (Å²) in [6, 6.07) is 5.15. The van der Waals surface area contributed by atoms with Crippen LogP contribution in [0.4, 0.5) is 5.95 Å². The zero-order valence-electron chi connectivity index (χ0n) is 19.5. The lowest BCUT2D eigenvalue weighted by atomic mass is 10.2. The molecule has 0 saturated heterocycles. The third kappa shape index (κ3) is 6.19. The number of aromatic amines is 2. The van der Waals surface area contributed by atoms with Crippen LogP contribution in [0.15, 0.2) is 64.3 Å². The van der Waals surface area contributed by atoms with Gasteiger partial charge in [0.1, 0.15) is 23.3 Å². The van der Waals surface area contributed by atoms with Gasteiger partial charge in [-0.2, -0.15) is 0 Å². The second kappa shape index (κ2) is 12.5. The zero-order valence-corrected chi connectivity index (χ0v) is 20.3. The first kappa shape index (κ1) is 27.1. The summed E-state index contributed by atoms with van der Waals surface area (Å²) in [6.07, 6.45) is 7.55. The van der Waals surface area contributed by atoms with Crippen molar-refractivity contribution in [3.63, 3.8) is 0 Å². The van der Waals surface area contributed by atoms with E-state index in [1.165, 1.54) is 12.5 Å². The highest BCUT2D eigenvalue weighted by atomic mass is 35.5. The summed E-state index contributed by atoms with van der Waals surface area (Å²) < 4.78 is 0. The molecule has 3 amide bonds. The van der Waals surface area contributed by atoms with Crippen LogP contribution in [0.2, 0.25) is 5.02 Å². The lowest BCUT2D eigenvalue weighted by Crippen LogP contribution is -2.04. The van der Waals surface area contributed by atoms with Crippen molar-refractivity contribution in [2.24, 2.45) is 15.0 Å². The molecule has 0 radical (unpaired) electrons. The molecule has 0 unspecified atom stereocenters. The summed E-state index contributed by atoms with van der Waals surface area (Å²) in [6.45, 7) is 9.40. The van der Waals surface area contributed by atoms with Gasteiger partial charge in [-0.25, -0.2) is 39.9 Å². The predicted octanol–water partition coefficient (Wildman–Crippen LogP) is 2.76. The highest BCUT2D eigenvalue weighted by Gasteiger charge is 2.11. The van der Waals surface area contributed by atoms with E-state index in [4.69, 9.17) is 17.3 Å². The highest BCUT2D eigenvalue weighted by molar-refractivity contribution is 6.33. The van der Waals surface area contributed by atoms with E-state index in [9.17, 15) is 14.4 Å². The van der Waals surface area contributed by atoms with E-state index in [1.54, 1.807) is 36.8 Å². The molecule has 5 rings (SSSR count). The van der Waals surface area contributed by atoms with E-state index in [0.717, 1.165) is 5.39 Å². The molecule has 0 aromatic carbocycles. The number of fused-ring (bicyclic) bond motifs is 2. The Morgan fingerprint density at radius 1 is 0.789 bits per heavy atom. The normalized spacial score (nSPS) is 9.92. The monoisotopic (exact) mass is 531 g/mol. The van der Waals surface area contributed by atoms with E-state index >= 15 is 0 Å². The van der Waals surface area contributed by atoms with E-state index in [1.807, 2.05) is 0 Å². The minimum Gasteiger partial charge on any atom is -0.368 e. The number of hydrogen-bond acceptors (Lipinski definition) is 9. The van der Waals surface area contributed by atoms with Crippen molar-refractivity contribution < 1.29 is 14.4 Å². The van der Waals surface area contributed by atoms with Crippen molar-refractivity contribution in [1.82, 2.24) is 34.9 Å². The molecule has 38 heavy (non-hydrogen) atoms. The van der Waals surface area contributed by atoms with Crippen molar-refractivity contribution in [1.29, 1.82) is 0 Å². The topological polar surface area (TPSA) is 210 Å². The second-order valence-electron chi connectivity index (χ2n) is 6.88. The number of halogens is 1. The van der Waals surface area contributed by atoms with Gasteiger partial charge in [0.15, 0.2) is 5.69 Å². The number of H-pyrrole nitrogens is 2. The summed E-state index contributed by atoms with van der Waals surface area (Å²) in [5.41, 5.74) is 7.32. The summed E-state index contributed by atoms with van der Waals surface area (Å²) in [5.74, 6) is -1.40. The van der Waals surface area contributed by atoms with Gasteiger partial charge in [-0.3, -0.25) is 14.4 Å². The average molecular weight is 532 g/mol. The SMILES string of the molecule is C=NC(=O)c1ccnc2[nH]ccc12.C=NC(=O)c1nc(N)ncc1Cl.C=NC(=O)c1ncnc2[nH]ccc12. The number of hydrogen-bond donors (Lipinski definition) is 3. The van der Waals surface area contributed by atoms with Crippen LogP contribution >= 0.6 is 11.6 Å². The smallest absolute Gasteiger partial charge is 0.296 e. The van der Waals surface area contributed by atoms with Crippen molar-refractivity contribution in [3.8, 4) is 0 Å². The van der Waals surface area contributed by atoms with Crippen molar-refractivity contribution in [2.45, 2.75) is 0 Å². The molecule has 5 aromatic heterocycles. The lowest BCUT2D eigenvalue weighted by molar-refractivity contribution is 0.0992. The fourth-order valence-electron chi connectivity index (χ4n) is 2.96. The molecule has 0 saturated carbocycles. The van der Waals surface area contributed by atoms with Crippen LogP contribution in [0.1, 0.15) is 31.3 Å². The molecule has 5 heterocycles. The quantitative estimate of drug-likeness (QED) is 0.291. The molecule has 0 aliphatic carbocycles. The Hall–Kier alpha value is -5.50. The van der Waals surface area contributed by atoms with Crippen molar-refractivity contribution in [2.75, 3.05) is 5.73 Å². The van der Waals surface area contributed by atoms with Crippen LogP contribution in [0, 0.1) is 0 Å². The van der Waals surface area contributed by atoms with E-state index < -0.39 is 11.8 Å². The average Bonchev–Trinajstić information content (AvgIpc) is 3.63. The van der Waals surface area contributed by atoms with Gasteiger partial charge in [0.05, 0.1) is 22.2 Å². The summed E-state index contributed by atoms with van der Waals surface area (Å²) in [7, 11) is 0. The molecule has 190 valence electrons. The van der Waals surface area contributed by atoms with Crippen LogP contribution in [0.5, 0.6) is 0 Å². The number of nitrogens with one attached hydrogen (secondary N) is 2. The fraction of sp³-hybridized carbons (Fsp3) is 0. The lowest BCUT2D eigenvalue weighted by Gasteiger charge is -1.97. The van der Waals surface area contributed by atoms with Gasteiger partial charge in [-0.15, -0.1) is 0 Å². The number of nitrogens with zero attached hydrogens (tertiary/aromatic N) is 8. The molecule has 0 spiro atoms. The van der Waals surface area contributed by atoms with E-state index in [0.29, 0.717) is 22.2 Å². The summed E-state index contributed by atoms with van der Waals surface area (Å²) in [4.78, 5) is 67.9. The van der Waals surface area contributed by atoms with Crippen LogP contribution in [0.3, 0.4) is 0 Å². The number of carbonyl (C=O) groups is 3. The number of pyridine rings is 1. The second-order valence-corrected chi connectivity index (χ2v) is 7.28. The first-order valence-corrected chi connectivity index (χ1v) is 10.7. The number of carbonyl (C=O) groups excluding carboxylic acids is 3. The van der Waals surface area contributed by atoms with Crippen LogP contribution in [-0.2, 0) is 0 Å². The fourth-order valence-corrected chi connectivity index (χ4v) is 3.13. The summed E-state index contributed by atoms with van der Waals surface area (Å²) >= 11 is 5.58. The van der Waals surface area contributed by atoms with Gasteiger partial charge in [0.25, 0.3) is 17.7 Å². The Morgan fingerprint density at radius 3 is 2.05 bits per heavy atom. The molecular formula is C23H18ClN11O3.